The molecule has 1 nitrogen and oxygen atoms in total. The third-order valence-electron chi connectivity index (χ3n) is 4.18. The van der Waals surface area contributed by atoms with Crippen LogP contribution in [0, 0.1) is 6.92 Å². The largest absolute Gasteiger partial charge is 0.289 e. The number of rotatable bonds is 2. The molecule has 0 heterocycles. The minimum absolute atomic E-state index is 0.171. The summed E-state index contributed by atoms with van der Waals surface area (Å²) in [6.07, 6.45) is 1.12. The van der Waals surface area contributed by atoms with Crippen LogP contribution in [0.3, 0.4) is 0 Å². The average molecular weight is 250 g/mol. The lowest BCUT2D eigenvalue weighted by Gasteiger charge is -2.10. The van der Waals surface area contributed by atoms with E-state index in [1.807, 2.05) is 19.1 Å². The molecule has 96 valence electrons. The zero-order valence-corrected chi connectivity index (χ0v) is 11.7. The first-order chi connectivity index (χ1) is 9.11. The number of aryl methyl sites for hydroxylation is 1. The molecule has 1 unspecified atom stereocenters. The molecule has 0 fully saturated rings. The van der Waals surface area contributed by atoms with Crippen molar-refractivity contribution in [1.29, 1.82) is 0 Å². The third kappa shape index (κ3) is 1.81. The van der Waals surface area contributed by atoms with Crippen LogP contribution in [0.25, 0.3) is 11.1 Å². The van der Waals surface area contributed by atoms with E-state index in [1.165, 1.54) is 5.56 Å². The van der Waals surface area contributed by atoms with Crippen LogP contribution >= 0.6 is 0 Å². The summed E-state index contributed by atoms with van der Waals surface area (Å²) in [5.74, 6) is 0.708. The molecule has 1 heteroatoms. The fourth-order valence-electron chi connectivity index (χ4n) is 2.75. The summed E-state index contributed by atoms with van der Waals surface area (Å²) in [5.41, 5.74) is 6.38. The van der Waals surface area contributed by atoms with Crippen molar-refractivity contribution < 1.29 is 4.79 Å². The number of hydrogen-bond donors (Lipinski definition) is 0. The summed E-state index contributed by atoms with van der Waals surface area (Å²) in [6, 6.07) is 12.5. The second kappa shape index (κ2) is 4.34. The average Bonchev–Trinajstić information content (AvgIpc) is 2.70. The van der Waals surface area contributed by atoms with E-state index in [2.05, 4.69) is 38.1 Å². The quantitative estimate of drug-likeness (QED) is 0.643. The Bertz CT molecular complexity index is 667. The molecule has 2 aromatic rings. The number of benzene rings is 2. The van der Waals surface area contributed by atoms with Crippen molar-refractivity contribution in [2.45, 2.75) is 33.1 Å². The molecule has 0 aromatic heterocycles. The van der Waals surface area contributed by atoms with Gasteiger partial charge in [-0.1, -0.05) is 49.7 Å². The minimum atomic E-state index is 0.171. The highest BCUT2D eigenvalue weighted by Gasteiger charge is 2.26. The molecule has 0 radical (unpaired) electrons. The highest BCUT2D eigenvalue weighted by molar-refractivity contribution is 6.21. The first kappa shape index (κ1) is 12.2. The Morgan fingerprint density at radius 1 is 0.947 bits per heavy atom. The maximum atomic E-state index is 12.4. The van der Waals surface area contributed by atoms with Crippen molar-refractivity contribution in [3.63, 3.8) is 0 Å². The van der Waals surface area contributed by atoms with Crippen molar-refractivity contribution in [2.75, 3.05) is 0 Å². The number of ketones is 1. The number of carbonyl (C=O) groups excluding carboxylic acids is 1. The lowest BCUT2D eigenvalue weighted by molar-refractivity contribution is 0.104. The highest BCUT2D eigenvalue weighted by Crippen LogP contribution is 2.38. The van der Waals surface area contributed by atoms with Gasteiger partial charge in [-0.05, 0) is 42.0 Å². The predicted octanol–water partition coefficient (Wildman–Crippen LogP) is 4.72. The van der Waals surface area contributed by atoms with Crippen LogP contribution in [0.2, 0.25) is 0 Å². The summed E-state index contributed by atoms with van der Waals surface area (Å²) in [6.45, 7) is 6.45. The van der Waals surface area contributed by atoms with E-state index in [9.17, 15) is 4.79 Å². The Morgan fingerprint density at radius 3 is 2.42 bits per heavy atom. The second-order valence-corrected chi connectivity index (χ2v) is 5.49. The van der Waals surface area contributed by atoms with Crippen molar-refractivity contribution in [3.05, 3.63) is 58.7 Å². The van der Waals surface area contributed by atoms with Gasteiger partial charge in [0.1, 0.15) is 0 Å². The van der Waals surface area contributed by atoms with Crippen molar-refractivity contribution in [3.8, 4) is 11.1 Å². The van der Waals surface area contributed by atoms with Gasteiger partial charge in [0.25, 0.3) is 0 Å². The van der Waals surface area contributed by atoms with Gasteiger partial charge in [-0.3, -0.25) is 4.79 Å². The molecule has 1 atom stereocenters. The molecule has 0 amide bonds. The maximum absolute atomic E-state index is 12.4. The summed E-state index contributed by atoms with van der Waals surface area (Å²) in [4.78, 5) is 12.4. The summed E-state index contributed by atoms with van der Waals surface area (Å²) >= 11 is 0. The topological polar surface area (TPSA) is 17.1 Å². The molecule has 0 bridgehead atoms. The zero-order valence-electron chi connectivity index (χ0n) is 11.7. The number of hydrogen-bond acceptors (Lipinski definition) is 1. The summed E-state index contributed by atoms with van der Waals surface area (Å²) < 4.78 is 0. The minimum Gasteiger partial charge on any atom is -0.289 e. The van der Waals surface area contributed by atoms with Crippen molar-refractivity contribution >= 4 is 5.78 Å². The highest BCUT2D eigenvalue weighted by atomic mass is 16.1. The predicted molar refractivity (Wildman–Crippen MR) is 78.8 cm³/mol. The van der Waals surface area contributed by atoms with Gasteiger partial charge in [0.15, 0.2) is 5.78 Å². The van der Waals surface area contributed by atoms with E-state index in [1.54, 1.807) is 0 Å². The van der Waals surface area contributed by atoms with E-state index in [-0.39, 0.29) is 5.78 Å². The van der Waals surface area contributed by atoms with Crippen LogP contribution in [-0.4, -0.2) is 5.78 Å². The Balaban J connectivity index is 2.19. The SMILES string of the molecule is CCC(C)c1ccc2c(c1)-c1ccc(C)cc1C2=O. The number of fused-ring (bicyclic) bond motifs is 3. The molecule has 19 heavy (non-hydrogen) atoms. The lowest BCUT2D eigenvalue weighted by atomic mass is 9.94. The molecule has 0 spiro atoms. The van der Waals surface area contributed by atoms with Gasteiger partial charge in [-0.15, -0.1) is 0 Å². The maximum Gasteiger partial charge on any atom is 0.194 e. The van der Waals surface area contributed by atoms with Gasteiger partial charge < -0.3 is 0 Å². The third-order valence-corrected chi connectivity index (χ3v) is 4.18. The van der Waals surface area contributed by atoms with E-state index < -0.39 is 0 Å². The molecule has 3 rings (SSSR count). The summed E-state index contributed by atoms with van der Waals surface area (Å²) in [7, 11) is 0. The molecule has 1 aliphatic rings. The Hall–Kier alpha value is -1.89. The normalized spacial score (nSPS) is 14.2. The molecule has 1 aliphatic carbocycles. The summed E-state index contributed by atoms with van der Waals surface area (Å²) in [5, 5.41) is 0. The lowest BCUT2D eigenvalue weighted by Crippen LogP contribution is -1.96. The molecule has 0 saturated carbocycles. The van der Waals surface area contributed by atoms with Gasteiger partial charge in [0.05, 0.1) is 0 Å². The Morgan fingerprint density at radius 2 is 1.68 bits per heavy atom. The van der Waals surface area contributed by atoms with E-state index in [4.69, 9.17) is 0 Å². The van der Waals surface area contributed by atoms with Crippen LogP contribution in [-0.2, 0) is 0 Å². The monoisotopic (exact) mass is 250 g/mol. The van der Waals surface area contributed by atoms with E-state index >= 15 is 0 Å². The van der Waals surface area contributed by atoms with E-state index in [0.717, 1.165) is 34.2 Å². The van der Waals surface area contributed by atoms with Crippen LogP contribution in [0.4, 0.5) is 0 Å². The Kier molecular flexibility index (Phi) is 2.78. The van der Waals surface area contributed by atoms with Gasteiger partial charge in [-0.25, -0.2) is 0 Å². The fraction of sp³-hybridized carbons (Fsp3) is 0.278. The molecule has 0 N–H and O–H groups in total. The van der Waals surface area contributed by atoms with Crippen LogP contribution in [0.1, 0.15) is 53.2 Å². The molecular weight excluding hydrogens is 232 g/mol. The van der Waals surface area contributed by atoms with Crippen LogP contribution in [0.15, 0.2) is 36.4 Å². The molecular formula is C18H18O. The standard InChI is InChI=1S/C18H18O/c1-4-12(3)13-6-8-15-16(10-13)14-7-5-11(2)9-17(14)18(15)19/h5-10,12H,4H2,1-3H3. The fourth-order valence-corrected chi connectivity index (χ4v) is 2.75. The van der Waals surface area contributed by atoms with Crippen molar-refractivity contribution in [2.24, 2.45) is 0 Å². The van der Waals surface area contributed by atoms with Crippen molar-refractivity contribution in [1.82, 2.24) is 0 Å². The van der Waals surface area contributed by atoms with Gasteiger partial charge in [0.2, 0.25) is 0 Å². The van der Waals surface area contributed by atoms with Gasteiger partial charge in [-0.2, -0.15) is 0 Å². The van der Waals surface area contributed by atoms with E-state index in [0.29, 0.717) is 5.92 Å². The van der Waals surface area contributed by atoms with Gasteiger partial charge in [0, 0.05) is 11.1 Å². The zero-order chi connectivity index (χ0) is 13.6. The number of carbonyl (C=O) groups is 1. The first-order valence-corrected chi connectivity index (χ1v) is 6.91. The van der Waals surface area contributed by atoms with Crippen LogP contribution < -0.4 is 0 Å². The first-order valence-electron chi connectivity index (χ1n) is 6.91. The molecule has 0 saturated heterocycles. The Labute approximate surface area is 114 Å². The molecule has 2 aromatic carbocycles. The molecule has 0 aliphatic heterocycles. The smallest absolute Gasteiger partial charge is 0.194 e. The van der Waals surface area contributed by atoms with Crippen LogP contribution in [0.5, 0.6) is 0 Å². The second-order valence-electron chi connectivity index (χ2n) is 5.49. The van der Waals surface area contributed by atoms with Gasteiger partial charge >= 0.3 is 0 Å².